The predicted octanol–water partition coefficient (Wildman–Crippen LogP) is 3.05. The van der Waals surface area contributed by atoms with Crippen molar-refractivity contribution < 1.29 is 4.79 Å². The Kier molecular flexibility index (Phi) is 3.76. The summed E-state index contributed by atoms with van der Waals surface area (Å²) in [4.78, 5) is 11.9. The number of nitrogens with one attached hydrogen (secondary N) is 2. The zero-order chi connectivity index (χ0) is 12.4. The number of amides is 2. The summed E-state index contributed by atoms with van der Waals surface area (Å²) in [5.41, 5.74) is 0. The summed E-state index contributed by atoms with van der Waals surface area (Å²) >= 11 is 0. The Balaban J connectivity index is 1.36. The van der Waals surface area contributed by atoms with Gasteiger partial charge in [0.15, 0.2) is 0 Å². The quantitative estimate of drug-likeness (QED) is 0.794. The van der Waals surface area contributed by atoms with Crippen molar-refractivity contribution in [3.05, 3.63) is 0 Å². The molecule has 2 bridgehead atoms. The Labute approximate surface area is 110 Å². The van der Waals surface area contributed by atoms with Crippen LogP contribution in [0.1, 0.15) is 57.8 Å². The van der Waals surface area contributed by atoms with E-state index in [-0.39, 0.29) is 6.03 Å². The first-order chi connectivity index (χ1) is 8.81. The molecular weight excluding hydrogens is 224 g/mol. The summed E-state index contributed by atoms with van der Waals surface area (Å²) in [6, 6.07) is 0.503. The van der Waals surface area contributed by atoms with Gasteiger partial charge in [-0.2, -0.15) is 0 Å². The van der Waals surface area contributed by atoms with Gasteiger partial charge in [0.1, 0.15) is 0 Å². The third-order valence-corrected chi connectivity index (χ3v) is 5.35. The van der Waals surface area contributed by atoms with E-state index in [4.69, 9.17) is 0 Å². The van der Waals surface area contributed by atoms with Crippen LogP contribution in [0.2, 0.25) is 0 Å². The Hall–Kier alpha value is -0.730. The fourth-order valence-corrected chi connectivity index (χ4v) is 4.33. The molecule has 0 spiro atoms. The highest BCUT2D eigenvalue weighted by Crippen LogP contribution is 2.47. The fourth-order valence-electron chi connectivity index (χ4n) is 4.33. The van der Waals surface area contributed by atoms with Crippen LogP contribution >= 0.6 is 0 Å². The van der Waals surface area contributed by atoms with Crippen molar-refractivity contribution in [3.8, 4) is 0 Å². The maximum Gasteiger partial charge on any atom is 0.315 e. The monoisotopic (exact) mass is 250 g/mol. The molecule has 3 heteroatoms. The van der Waals surface area contributed by atoms with Crippen molar-refractivity contribution in [1.29, 1.82) is 0 Å². The van der Waals surface area contributed by atoms with Crippen LogP contribution in [0, 0.1) is 17.8 Å². The van der Waals surface area contributed by atoms with Crippen LogP contribution in [0.4, 0.5) is 4.79 Å². The largest absolute Gasteiger partial charge is 0.338 e. The van der Waals surface area contributed by atoms with Crippen LogP contribution in [-0.2, 0) is 0 Å². The van der Waals surface area contributed by atoms with E-state index in [1.165, 1.54) is 57.8 Å². The maximum absolute atomic E-state index is 11.9. The summed E-state index contributed by atoms with van der Waals surface area (Å²) < 4.78 is 0. The van der Waals surface area contributed by atoms with E-state index >= 15 is 0 Å². The molecular formula is C15H26N2O. The van der Waals surface area contributed by atoms with Gasteiger partial charge in [-0.3, -0.25) is 0 Å². The number of urea groups is 1. The molecule has 0 aromatic rings. The van der Waals surface area contributed by atoms with Gasteiger partial charge in [0.05, 0.1) is 0 Å². The number of hydrogen-bond acceptors (Lipinski definition) is 1. The molecule has 0 saturated heterocycles. The number of rotatable bonds is 3. The second kappa shape index (κ2) is 5.50. The van der Waals surface area contributed by atoms with Gasteiger partial charge in [0.25, 0.3) is 0 Å². The first-order valence-corrected chi connectivity index (χ1v) is 7.85. The van der Waals surface area contributed by atoms with Crippen LogP contribution in [0.25, 0.3) is 0 Å². The summed E-state index contributed by atoms with van der Waals surface area (Å²) in [5.74, 6) is 2.65. The molecule has 3 aliphatic carbocycles. The first kappa shape index (κ1) is 12.3. The summed E-state index contributed by atoms with van der Waals surface area (Å²) in [5, 5.41) is 6.24. The zero-order valence-corrected chi connectivity index (χ0v) is 11.3. The lowest BCUT2D eigenvalue weighted by Gasteiger charge is -2.25. The van der Waals surface area contributed by atoms with Gasteiger partial charge >= 0.3 is 6.03 Å². The molecule has 3 aliphatic rings. The molecule has 3 nitrogen and oxygen atoms in total. The van der Waals surface area contributed by atoms with Gasteiger partial charge in [-0.25, -0.2) is 4.79 Å². The Morgan fingerprint density at radius 2 is 1.83 bits per heavy atom. The van der Waals surface area contributed by atoms with Gasteiger partial charge in [-0.15, -0.1) is 0 Å². The van der Waals surface area contributed by atoms with E-state index in [2.05, 4.69) is 10.6 Å². The van der Waals surface area contributed by atoms with Crippen molar-refractivity contribution in [3.63, 3.8) is 0 Å². The van der Waals surface area contributed by atoms with E-state index < -0.39 is 0 Å². The Morgan fingerprint density at radius 3 is 2.50 bits per heavy atom. The first-order valence-electron chi connectivity index (χ1n) is 7.85. The SMILES string of the molecule is O=C(NC[C@@H]1C[C@H]2CC[C@@H]1C2)NC1CCCCC1. The highest BCUT2D eigenvalue weighted by molar-refractivity contribution is 5.74. The highest BCUT2D eigenvalue weighted by atomic mass is 16.2. The van der Waals surface area contributed by atoms with E-state index in [1.807, 2.05) is 0 Å². The molecule has 18 heavy (non-hydrogen) atoms. The minimum Gasteiger partial charge on any atom is -0.338 e. The molecule has 0 aromatic carbocycles. The summed E-state index contributed by atoms with van der Waals surface area (Å²) in [6.45, 7) is 0.902. The molecule has 0 unspecified atom stereocenters. The second-order valence-corrected chi connectivity index (χ2v) is 6.62. The minimum atomic E-state index is 0.0738. The Bertz CT molecular complexity index is 299. The lowest BCUT2D eigenvalue weighted by Crippen LogP contribution is -2.44. The number of fused-ring (bicyclic) bond motifs is 2. The van der Waals surface area contributed by atoms with Gasteiger partial charge in [0.2, 0.25) is 0 Å². The Morgan fingerprint density at radius 1 is 1.00 bits per heavy atom. The van der Waals surface area contributed by atoms with E-state index in [9.17, 15) is 4.79 Å². The molecule has 3 fully saturated rings. The van der Waals surface area contributed by atoms with Crippen molar-refractivity contribution in [2.45, 2.75) is 63.8 Å². The lowest BCUT2D eigenvalue weighted by atomic mass is 9.89. The van der Waals surface area contributed by atoms with Crippen LogP contribution in [0.5, 0.6) is 0 Å². The summed E-state index contributed by atoms with van der Waals surface area (Å²) in [6.07, 6.45) is 11.9. The molecule has 2 amide bonds. The van der Waals surface area contributed by atoms with Crippen LogP contribution in [0.15, 0.2) is 0 Å². The second-order valence-electron chi connectivity index (χ2n) is 6.62. The molecule has 0 radical (unpaired) electrons. The number of hydrogen-bond donors (Lipinski definition) is 2. The van der Waals surface area contributed by atoms with E-state index in [0.717, 1.165) is 24.3 Å². The van der Waals surface area contributed by atoms with Gasteiger partial charge in [-0.05, 0) is 49.9 Å². The molecule has 3 atom stereocenters. The topological polar surface area (TPSA) is 41.1 Å². The predicted molar refractivity (Wildman–Crippen MR) is 72.3 cm³/mol. The molecule has 3 rings (SSSR count). The standard InChI is InChI=1S/C15H26N2O/c18-15(17-14-4-2-1-3-5-14)16-10-13-9-11-6-7-12(13)8-11/h11-14H,1-10H2,(H2,16,17,18)/t11-,12+,13-/m0/s1. The zero-order valence-electron chi connectivity index (χ0n) is 11.3. The molecule has 2 N–H and O–H groups in total. The summed E-state index contributed by atoms with van der Waals surface area (Å²) in [7, 11) is 0. The molecule has 0 heterocycles. The highest BCUT2D eigenvalue weighted by Gasteiger charge is 2.39. The average Bonchev–Trinajstić information content (AvgIpc) is 3.00. The van der Waals surface area contributed by atoms with Crippen molar-refractivity contribution in [2.75, 3.05) is 6.54 Å². The van der Waals surface area contributed by atoms with Gasteiger partial charge in [-0.1, -0.05) is 25.7 Å². The van der Waals surface area contributed by atoms with Crippen LogP contribution < -0.4 is 10.6 Å². The molecule has 0 aliphatic heterocycles. The molecule has 0 aromatic heterocycles. The van der Waals surface area contributed by atoms with Gasteiger partial charge < -0.3 is 10.6 Å². The number of carbonyl (C=O) groups excluding carboxylic acids is 1. The third-order valence-electron chi connectivity index (χ3n) is 5.35. The van der Waals surface area contributed by atoms with E-state index in [0.29, 0.717) is 6.04 Å². The van der Waals surface area contributed by atoms with E-state index in [1.54, 1.807) is 0 Å². The van der Waals surface area contributed by atoms with Gasteiger partial charge in [0, 0.05) is 12.6 Å². The van der Waals surface area contributed by atoms with Crippen molar-refractivity contribution in [1.82, 2.24) is 10.6 Å². The van der Waals surface area contributed by atoms with Crippen molar-refractivity contribution in [2.24, 2.45) is 17.8 Å². The van der Waals surface area contributed by atoms with Crippen molar-refractivity contribution >= 4 is 6.03 Å². The number of carbonyl (C=O) groups is 1. The molecule has 102 valence electrons. The molecule has 3 saturated carbocycles. The normalized spacial score (nSPS) is 35.7. The van der Waals surface area contributed by atoms with Crippen LogP contribution in [0.3, 0.4) is 0 Å². The maximum atomic E-state index is 11.9. The fraction of sp³-hybridized carbons (Fsp3) is 0.933. The third kappa shape index (κ3) is 2.81. The smallest absolute Gasteiger partial charge is 0.315 e. The average molecular weight is 250 g/mol. The van der Waals surface area contributed by atoms with Crippen LogP contribution in [-0.4, -0.2) is 18.6 Å². The lowest BCUT2D eigenvalue weighted by molar-refractivity contribution is 0.227. The minimum absolute atomic E-state index is 0.0738.